The average molecular weight is 297 g/mol. The van der Waals surface area contributed by atoms with Gasteiger partial charge in [-0.15, -0.1) is 0 Å². The number of carbonyl (C=O) groups excluding carboxylic acids is 1. The molecule has 0 radical (unpaired) electrons. The smallest absolute Gasteiger partial charge is 0.410 e. The molecular formula is C16H31N3O2. The molecule has 122 valence electrons. The molecule has 1 unspecified atom stereocenters. The Hall–Kier alpha value is -0.810. The van der Waals surface area contributed by atoms with Gasteiger partial charge < -0.3 is 19.9 Å². The molecule has 0 spiro atoms. The summed E-state index contributed by atoms with van der Waals surface area (Å²) in [7, 11) is 0. The molecule has 2 aliphatic rings. The Balaban J connectivity index is 1.56. The van der Waals surface area contributed by atoms with Crippen LogP contribution >= 0.6 is 0 Å². The van der Waals surface area contributed by atoms with E-state index in [9.17, 15) is 4.79 Å². The second kappa shape index (κ2) is 6.97. The first-order chi connectivity index (χ1) is 9.83. The lowest BCUT2D eigenvalue weighted by atomic mass is 10.1. The van der Waals surface area contributed by atoms with Gasteiger partial charge in [-0.3, -0.25) is 0 Å². The number of amides is 1. The molecule has 1 N–H and O–H groups in total. The maximum Gasteiger partial charge on any atom is 0.410 e. The van der Waals surface area contributed by atoms with Crippen LogP contribution in [0.1, 0.15) is 40.5 Å². The molecule has 2 heterocycles. The van der Waals surface area contributed by atoms with Crippen molar-refractivity contribution in [2.75, 3.05) is 39.3 Å². The molecule has 2 rings (SSSR count). The summed E-state index contributed by atoms with van der Waals surface area (Å²) in [5.41, 5.74) is -0.403. The van der Waals surface area contributed by atoms with Crippen molar-refractivity contribution in [1.29, 1.82) is 0 Å². The van der Waals surface area contributed by atoms with Crippen LogP contribution in [0.5, 0.6) is 0 Å². The van der Waals surface area contributed by atoms with Crippen LogP contribution in [-0.2, 0) is 4.74 Å². The molecule has 5 nitrogen and oxygen atoms in total. The molecule has 0 saturated carbocycles. The highest BCUT2D eigenvalue weighted by atomic mass is 16.6. The van der Waals surface area contributed by atoms with E-state index in [1.165, 1.54) is 32.5 Å². The lowest BCUT2D eigenvalue weighted by Gasteiger charge is -2.40. The normalized spacial score (nSPS) is 22.2. The van der Waals surface area contributed by atoms with Crippen molar-refractivity contribution in [3.63, 3.8) is 0 Å². The van der Waals surface area contributed by atoms with E-state index in [4.69, 9.17) is 4.74 Å². The van der Waals surface area contributed by atoms with E-state index in [0.717, 1.165) is 19.6 Å². The third-order valence-corrected chi connectivity index (χ3v) is 4.06. The largest absolute Gasteiger partial charge is 0.444 e. The standard InChI is InChI=1S/C16H31N3O2/c1-13(10-18-7-5-6-8-18)9-17-14-11-19(12-14)15(20)21-16(2,3)4/h13-14,17H,5-12H2,1-4H3. The van der Waals surface area contributed by atoms with Crippen LogP contribution in [0, 0.1) is 5.92 Å². The van der Waals surface area contributed by atoms with Crippen LogP contribution in [0.25, 0.3) is 0 Å². The Labute approximate surface area is 129 Å². The van der Waals surface area contributed by atoms with Crippen LogP contribution < -0.4 is 5.32 Å². The monoisotopic (exact) mass is 297 g/mol. The molecule has 1 amide bonds. The number of nitrogens with one attached hydrogen (secondary N) is 1. The van der Waals surface area contributed by atoms with Gasteiger partial charge in [0.05, 0.1) is 0 Å². The SMILES string of the molecule is CC(CNC1CN(C(=O)OC(C)(C)C)C1)CN1CCCC1. The zero-order chi connectivity index (χ0) is 15.5. The molecule has 5 heteroatoms. The van der Waals surface area contributed by atoms with Crippen LogP contribution in [0.4, 0.5) is 4.79 Å². The van der Waals surface area contributed by atoms with Gasteiger partial charge in [0, 0.05) is 25.7 Å². The maximum absolute atomic E-state index is 11.8. The van der Waals surface area contributed by atoms with Gasteiger partial charge in [0.25, 0.3) is 0 Å². The average Bonchev–Trinajstić information content (AvgIpc) is 2.76. The third-order valence-electron chi connectivity index (χ3n) is 4.06. The van der Waals surface area contributed by atoms with E-state index >= 15 is 0 Å². The second-order valence-electron chi connectivity index (χ2n) is 7.60. The number of ether oxygens (including phenoxy) is 1. The topological polar surface area (TPSA) is 44.8 Å². The lowest BCUT2D eigenvalue weighted by Crippen LogP contribution is -2.61. The Kier molecular flexibility index (Phi) is 5.49. The summed E-state index contributed by atoms with van der Waals surface area (Å²) >= 11 is 0. The van der Waals surface area contributed by atoms with Crippen molar-refractivity contribution in [3.05, 3.63) is 0 Å². The molecule has 2 fully saturated rings. The summed E-state index contributed by atoms with van der Waals surface area (Å²) in [6, 6.07) is 0.429. The number of likely N-dealkylation sites (tertiary alicyclic amines) is 2. The second-order valence-corrected chi connectivity index (χ2v) is 7.60. The Bertz CT molecular complexity index is 342. The Morgan fingerprint density at radius 2 is 1.90 bits per heavy atom. The molecule has 21 heavy (non-hydrogen) atoms. The summed E-state index contributed by atoms with van der Waals surface area (Å²) in [4.78, 5) is 16.2. The number of hydrogen-bond donors (Lipinski definition) is 1. The third kappa shape index (κ3) is 5.47. The van der Waals surface area contributed by atoms with Crippen LogP contribution in [0.3, 0.4) is 0 Å². The molecule has 0 aromatic rings. The van der Waals surface area contributed by atoms with Crippen molar-refractivity contribution in [3.8, 4) is 0 Å². The summed E-state index contributed by atoms with van der Waals surface area (Å²) in [6.07, 6.45) is 2.52. The molecule has 0 aliphatic carbocycles. The molecule has 0 aromatic heterocycles. The fourth-order valence-electron chi connectivity index (χ4n) is 2.92. The fraction of sp³-hybridized carbons (Fsp3) is 0.938. The first-order valence-electron chi connectivity index (χ1n) is 8.27. The van der Waals surface area contributed by atoms with Crippen molar-refractivity contribution >= 4 is 6.09 Å². The minimum atomic E-state index is -0.403. The predicted octanol–water partition coefficient (Wildman–Crippen LogP) is 1.93. The highest BCUT2D eigenvalue weighted by molar-refractivity contribution is 5.69. The number of nitrogens with zero attached hydrogens (tertiary/aromatic N) is 2. The molecular weight excluding hydrogens is 266 g/mol. The minimum absolute atomic E-state index is 0.189. The highest BCUT2D eigenvalue weighted by Crippen LogP contribution is 2.15. The van der Waals surface area contributed by atoms with Gasteiger partial charge in [-0.2, -0.15) is 0 Å². The molecule has 2 saturated heterocycles. The first-order valence-corrected chi connectivity index (χ1v) is 8.27. The summed E-state index contributed by atoms with van der Waals surface area (Å²) in [5, 5.41) is 3.56. The zero-order valence-electron chi connectivity index (χ0n) is 14.0. The van der Waals surface area contributed by atoms with Crippen LogP contribution in [0.15, 0.2) is 0 Å². The van der Waals surface area contributed by atoms with Crippen molar-refractivity contribution in [2.45, 2.75) is 52.2 Å². The van der Waals surface area contributed by atoms with E-state index in [-0.39, 0.29) is 6.09 Å². The zero-order valence-corrected chi connectivity index (χ0v) is 14.0. The number of carbonyl (C=O) groups is 1. The molecule has 0 aromatic carbocycles. The Morgan fingerprint density at radius 1 is 1.29 bits per heavy atom. The lowest BCUT2D eigenvalue weighted by molar-refractivity contribution is 0.00498. The van der Waals surface area contributed by atoms with Gasteiger partial charge in [-0.05, 0) is 59.2 Å². The van der Waals surface area contributed by atoms with Gasteiger partial charge in [-0.25, -0.2) is 4.79 Å². The maximum atomic E-state index is 11.8. The fourth-order valence-corrected chi connectivity index (χ4v) is 2.92. The van der Waals surface area contributed by atoms with Crippen molar-refractivity contribution < 1.29 is 9.53 Å². The highest BCUT2D eigenvalue weighted by Gasteiger charge is 2.33. The van der Waals surface area contributed by atoms with E-state index in [2.05, 4.69) is 17.1 Å². The van der Waals surface area contributed by atoms with Crippen molar-refractivity contribution in [1.82, 2.24) is 15.1 Å². The van der Waals surface area contributed by atoms with Gasteiger partial charge >= 0.3 is 6.09 Å². The van der Waals surface area contributed by atoms with Gasteiger partial charge in [0.15, 0.2) is 0 Å². The van der Waals surface area contributed by atoms with E-state index in [1.54, 1.807) is 4.90 Å². The van der Waals surface area contributed by atoms with E-state index in [0.29, 0.717) is 12.0 Å². The van der Waals surface area contributed by atoms with E-state index < -0.39 is 5.60 Å². The van der Waals surface area contributed by atoms with Crippen LogP contribution in [-0.4, -0.2) is 66.8 Å². The quantitative estimate of drug-likeness (QED) is 0.842. The minimum Gasteiger partial charge on any atom is -0.444 e. The van der Waals surface area contributed by atoms with Gasteiger partial charge in [0.1, 0.15) is 5.60 Å². The van der Waals surface area contributed by atoms with Gasteiger partial charge in [-0.1, -0.05) is 6.92 Å². The number of hydrogen-bond acceptors (Lipinski definition) is 4. The molecule has 0 bridgehead atoms. The summed E-state index contributed by atoms with van der Waals surface area (Å²) in [5.74, 6) is 0.665. The van der Waals surface area contributed by atoms with Gasteiger partial charge in [0.2, 0.25) is 0 Å². The van der Waals surface area contributed by atoms with Crippen LogP contribution in [0.2, 0.25) is 0 Å². The summed E-state index contributed by atoms with van der Waals surface area (Å²) in [6.45, 7) is 14.3. The first kappa shape index (κ1) is 16.6. The molecule has 1 atom stereocenters. The van der Waals surface area contributed by atoms with E-state index in [1.807, 2.05) is 20.8 Å². The Morgan fingerprint density at radius 3 is 2.48 bits per heavy atom. The number of rotatable bonds is 5. The van der Waals surface area contributed by atoms with Crippen molar-refractivity contribution in [2.24, 2.45) is 5.92 Å². The summed E-state index contributed by atoms with van der Waals surface area (Å²) < 4.78 is 5.36. The predicted molar refractivity (Wildman–Crippen MR) is 84.4 cm³/mol. The molecule has 2 aliphatic heterocycles.